The molecule has 7 heteroatoms. The molecule has 2 heterocycles. The molecule has 0 atom stereocenters. The van der Waals surface area contributed by atoms with Crippen molar-refractivity contribution >= 4 is 15.9 Å². The van der Waals surface area contributed by atoms with E-state index in [1.54, 1.807) is 23.4 Å². The minimum atomic E-state index is -3.33. The first-order valence-electron chi connectivity index (χ1n) is 9.07. The van der Waals surface area contributed by atoms with E-state index in [2.05, 4.69) is 4.98 Å². The number of nitrogens with zero attached hydrogens (tertiary/aromatic N) is 3. The fourth-order valence-corrected chi connectivity index (χ4v) is 4.87. The summed E-state index contributed by atoms with van der Waals surface area (Å²) in [4.78, 5) is 18.1. The molecule has 1 aliphatic carbocycles. The van der Waals surface area contributed by atoms with Crippen LogP contribution in [0.25, 0.3) is 0 Å². The first-order chi connectivity index (χ1) is 11.9. The maximum absolute atomic E-state index is 12.3. The molecule has 0 spiro atoms. The topological polar surface area (TPSA) is 70.6 Å². The molecule has 1 saturated carbocycles. The number of carbonyl (C=O) groups is 1. The molecule has 3 rings (SSSR count). The number of carbonyl (C=O) groups excluding carboxylic acids is 1. The van der Waals surface area contributed by atoms with Crippen LogP contribution in [0.5, 0.6) is 0 Å². The minimum Gasteiger partial charge on any atom is -0.339 e. The number of sulfonamides is 1. The van der Waals surface area contributed by atoms with Crippen molar-refractivity contribution in [2.24, 2.45) is 5.92 Å². The quantitative estimate of drug-likeness (QED) is 0.741. The van der Waals surface area contributed by atoms with Crippen molar-refractivity contribution < 1.29 is 13.2 Å². The van der Waals surface area contributed by atoms with Crippen molar-refractivity contribution in [3.63, 3.8) is 0 Å². The van der Waals surface area contributed by atoms with Gasteiger partial charge in [-0.15, -0.1) is 0 Å². The Hall–Kier alpha value is -1.47. The largest absolute Gasteiger partial charge is 0.339 e. The molecule has 0 aromatic carbocycles. The van der Waals surface area contributed by atoms with Gasteiger partial charge in [0.1, 0.15) is 0 Å². The van der Waals surface area contributed by atoms with Crippen LogP contribution in [-0.2, 0) is 21.4 Å². The maximum Gasteiger partial charge on any atom is 0.222 e. The third kappa shape index (κ3) is 4.79. The summed E-state index contributed by atoms with van der Waals surface area (Å²) in [6.45, 7) is 1.30. The van der Waals surface area contributed by atoms with Crippen LogP contribution in [0.15, 0.2) is 24.5 Å². The first-order valence-corrected chi connectivity index (χ1v) is 10.9. The Bertz CT molecular complexity index is 681. The van der Waals surface area contributed by atoms with Crippen molar-refractivity contribution in [1.82, 2.24) is 14.2 Å². The smallest absolute Gasteiger partial charge is 0.222 e. The predicted molar refractivity (Wildman–Crippen MR) is 96.2 cm³/mol. The van der Waals surface area contributed by atoms with Crippen LogP contribution in [0, 0.1) is 5.92 Å². The highest BCUT2D eigenvalue weighted by atomic mass is 32.2. The fraction of sp³-hybridized carbons (Fsp3) is 0.667. The summed E-state index contributed by atoms with van der Waals surface area (Å²) < 4.78 is 25.8. The van der Waals surface area contributed by atoms with E-state index in [0.717, 1.165) is 12.0 Å². The Balaban J connectivity index is 1.52. The second-order valence-electron chi connectivity index (χ2n) is 7.31. The number of amides is 1. The minimum absolute atomic E-state index is 0.134. The summed E-state index contributed by atoms with van der Waals surface area (Å²) in [5, 5.41) is 0. The van der Waals surface area contributed by atoms with Crippen LogP contribution < -0.4 is 0 Å². The standard InChI is InChI=1S/C18H27N3O3S/c1-25(23,24)21(12-16-7-4-10-19-11-16)17-13-20(14-17)18(22)9-8-15-5-2-3-6-15/h4,7,10-11,15,17H,2-3,5-6,8-9,12-14H2,1H3. The van der Waals surface area contributed by atoms with Gasteiger partial charge in [0.25, 0.3) is 0 Å². The van der Waals surface area contributed by atoms with Gasteiger partial charge in [0.05, 0.1) is 12.3 Å². The second-order valence-corrected chi connectivity index (χ2v) is 9.25. The van der Waals surface area contributed by atoms with E-state index in [-0.39, 0.29) is 11.9 Å². The van der Waals surface area contributed by atoms with Gasteiger partial charge in [0.2, 0.25) is 15.9 Å². The lowest BCUT2D eigenvalue weighted by Gasteiger charge is -2.44. The number of aromatic nitrogens is 1. The van der Waals surface area contributed by atoms with E-state index >= 15 is 0 Å². The van der Waals surface area contributed by atoms with Crippen molar-refractivity contribution in [1.29, 1.82) is 0 Å². The van der Waals surface area contributed by atoms with Gasteiger partial charge in [0.15, 0.2) is 0 Å². The molecule has 1 aromatic heterocycles. The highest BCUT2D eigenvalue weighted by Gasteiger charge is 2.38. The van der Waals surface area contributed by atoms with Gasteiger partial charge in [-0.3, -0.25) is 9.78 Å². The average molecular weight is 365 g/mol. The lowest BCUT2D eigenvalue weighted by molar-refractivity contribution is -0.137. The lowest BCUT2D eigenvalue weighted by atomic mass is 10.00. The van der Waals surface area contributed by atoms with Crippen molar-refractivity contribution in [3.05, 3.63) is 30.1 Å². The van der Waals surface area contributed by atoms with Gasteiger partial charge < -0.3 is 4.90 Å². The van der Waals surface area contributed by atoms with Crippen molar-refractivity contribution in [3.8, 4) is 0 Å². The fourth-order valence-electron chi connectivity index (χ4n) is 3.81. The maximum atomic E-state index is 12.3. The number of pyridine rings is 1. The van der Waals surface area contributed by atoms with E-state index in [0.29, 0.717) is 32.0 Å². The summed E-state index contributed by atoms with van der Waals surface area (Å²) in [6.07, 6.45) is 11.2. The Morgan fingerprint density at radius 3 is 2.64 bits per heavy atom. The number of hydrogen-bond acceptors (Lipinski definition) is 4. The molecule has 0 unspecified atom stereocenters. The van der Waals surface area contributed by atoms with Crippen LogP contribution in [-0.4, -0.2) is 53.9 Å². The zero-order valence-corrected chi connectivity index (χ0v) is 15.6. The number of hydrogen-bond donors (Lipinski definition) is 0. The third-order valence-electron chi connectivity index (χ3n) is 5.35. The van der Waals surface area contributed by atoms with Crippen molar-refractivity contribution in [2.45, 2.75) is 51.1 Å². The zero-order chi connectivity index (χ0) is 17.9. The SMILES string of the molecule is CS(=O)(=O)N(Cc1cccnc1)C1CN(C(=O)CCC2CCCC2)C1. The Morgan fingerprint density at radius 2 is 2.04 bits per heavy atom. The molecule has 0 N–H and O–H groups in total. The molecule has 1 aliphatic heterocycles. The monoisotopic (exact) mass is 365 g/mol. The molecule has 25 heavy (non-hydrogen) atoms. The van der Waals surface area contributed by atoms with Crippen LogP contribution in [0.1, 0.15) is 44.1 Å². The van der Waals surface area contributed by atoms with Gasteiger partial charge in [-0.05, 0) is 24.0 Å². The van der Waals surface area contributed by atoms with Crippen molar-refractivity contribution in [2.75, 3.05) is 19.3 Å². The predicted octanol–water partition coefficient (Wildman–Crippen LogP) is 2.02. The van der Waals surface area contributed by atoms with Crippen LogP contribution >= 0.6 is 0 Å². The number of rotatable bonds is 7. The first kappa shape index (κ1) is 18.3. The number of likely N-dealkylation sites (tertiary alicyclic amines) is 1. The molecular weight excluding hydrogens is 338 g/mol. The molecule has 2 aliphatic rings. The summed E-state index contributed by atoms with van der Waals surface area (Å²) in [7, 11) is -3.33. The summed E-state index contributed by atoms with van der Waals surface area (Å²) >= 11 is 0. The molecule has 138 valence electrons. The van der Waals surface area contributed by atoms with Crippen LogP contribution in [0.4, 0.5) is 0 Å². The average Bonchev–Trinajstić information content (AvgIpc) is 3.04. The zero-order valence-electron chi connectivity index (χ0n) is 14.8. The molecule has 6 nitrogen and oxygen atoms in total. The Morgan fingerprint density at radius 1 is 1.32 bits per heavy atom. The van der Waals surface area contributed by atoms with Gasteiger partial charge in [-0.1, -0.05) is 31.7 Å². The Kier molecular flexibility index (Phi) is 5.74. The molecule has 0 bridgehead atoms. The summed E-state index contributed by atoms with van der Waals surface area (Å²) in [6, 6.07) is 3.54. The lowest BCUT2D eigenvalue weighted by Crippen LogP contribution is -2.61. The van der Waals surface area contributed by atoms with E-state index in [1.165, 1.54) is 36.2 Å². The third-order valence-corrected chi connectivity index (χ3v) is 6.63. The highest BCUT2D eigenvalue weighted by Crippen LogP contribution is 2.29. The Labute approximate surface area is 150 Å². The van der Waals surface area contributed by atoms with E-state index < -0.39 is 10.0 Å². The van der Waals surface area contributed by atoms with E-state index in [1.807, 2.05) is 6.07 Å². The van der Waals surface area contributed by atoms with Gasteiger partial charge in [0, 0.05) is 38.4 Å². The van der Waals surface area contributed by atoms with Gasteiger partial charge in [-0.2, -0.15) is 4.31 Å². The normalized spacial score (nSPS) is 19.4. The van der Waals surface area contributed by atoms with E-state index in [4.69, 9.17) is 0 Å². The van der Waals surface area contributed by atoms with Gasteiger partial charge in [-0.25, -0.2) is 8.42 Å². The molecule has 0 radical (unpaired) electrons. The molecule has 1 amide bonds. The van der Waals surface area contributed by atoms with Crippen LogP contribution in [0.2, 0.25) is 0 Å². The molecule has 1 saturated heterocycles. The highest BCUT2D eigenvalue weighted by molar-refractivity contribution is 7.88. The van der Waals surface area contributed by atoms with E-state index in [9.17, 15) is 13.2 Å². The van der Waals surface area contributed by atoms with Crippen LogP contribution in [0.3, 0.4) is 0 Å². The molecule has 1 aromatic rings. The summed E-state index contributed by atoms with van der Waals surface area (Å²) in [5.41, 5.74) is 0.860. The summed E-state index contributed by atoms with van der Waals surface area (Å²) in [5.74, 6) is 0.872. The molecule has 2 fully saturated rings. The molecular formula is C18H27N3O3S. The second kappa shape index (κ2) is 7.83. The van der Waals surface area contributed by atoms with Gasteiger partial charge >= 0.3 is 0 Å².